The van der Waals surface area contributed by atoms with Crippen molar-refractivity contribution in [1.82, 2.24) is 14.8 Å². The molecule has 0 bridgehead atoms. The zero-order valence-electron chi connectivity index (χ0n) is 20.8. The Morgan fingerprint density at radius 1 is 0.919 bits per heavy atom. The van der Waals surface area contributed by atoms with Gasteiger partial charge in [-0.15, -0.1) is 0 Å². The first-order valence-electron chi connectivity index (χ1n) is 12.1. The van der Waals surface area contributed by atoms with Gasteiger partial charge in [0.25, 0.3) is 0 Å². The molecule has 7 heteroatoms. The van der Waals surface area contributed by atoms with E-state index in [0.29, 0.717) is 36.6 Å². The summed E-state index contributed by atoms with van der Waals surface area (Å²) < 4.78 is 18.5. The first kappa shape index (κ1) is 24.1. The summed E-state index contributed by atoms with van der Waals surface area (Å²) in [6.45, 7) is 2.40. The molecule has 2 aromatic heterocycles. The summed E-state index contributed by atoms with van der Waals surface area (Å²) in [6.07, 6.45) is 2.84. The van der Waals surface area contributed by atoms with Crippen LogP contribution in [0.5, 0.6) is 5.75 Å². The molecule has 0 aliphatic carbocycles. The zero-order chi connectivity index (χ0) is 25.6. The Bertz CT molecular complexity index is 1470. The number of hydrogen-bond donors (Lipinski definition) is 0. The summed E-state index contributed by atoms with van der Waals surface area (Å²) in [7, 11) is 1.38. The summed E-state index contributed by atoms with van der Waals surface area (Å²) in [4.78, 5) is 17.0. The van der Waals surface area contributed by atoms with Crippen molar-refractivity contribution in [2.24, 2.45) is 0 Å². The molecule has 2 heterocycles. The normalized spacial score (nSPS) is 10.9. The summed E-state index contributed by atoms with van der Waals surface area (Å²) in [5.41, 5.74) is 4.83. The number of nitrogens with zero attached hydrogens (tertiary/aromatic N) is 3. The van der Waals surface area contributed by atoms with E-state index in [1.165, 1.54) is 7.11 Å². The van der Waals surface area contributed by atoms with Crippen LogP contribution < -0.4 is 4.74 Å². The second-order valence-corrected chi connectivity index (χ2v) is 8.57. The van der Waals surface area contributed by atoms with E-state index in [0.717, 1.165) is 34.0 Å². The minimum atomic E-state index is -0.407. The maximum atomic E-state index is 12.4. The molecule has 0 aliphatic rings. The number of carbonyl (C=O) groups is 1. The molecule has 5 rings (SSSR count). The molecule has 0 aliphatic heterocycles. The number of benzene rings is 3. The van der Waals surface area contributed by atoms with Gasteiger partial charge in [-0.1, -0.05) is 48.5 Å². The van der Waals surface area contributed by atoms with Gasteiger partial charge in [0.05, 0.1) is 30.8 Å². The molecule has 0 N–H and O–H groups in total. The quantitative estimate of drug-likeness (QED) is 0.240. The number of para-hydroxylation sites is 1. The van der Waals surface area contributed by atoms with Crippen LogP contribution in [0.2, 0.25) is 0 Å². The third kappa shape index (κ3) is 5.62. The molecular formula is C30H27N3O4. The smallest absolute Gasteiger partial charge is 0.341 e. The number of esters is 1. The molecule has 0 saturated carbocycles. The molecule has 0 saturated heterocycles. The van der Waals surface area contributed by atoms with E-state index in [9.17, 15) is 4.79 Å². The minimum Gasteiger partial charge on any atom is -0.493 e. The minimum absolute atomic E-state index is 0.407. The fraction of sp³-hybridized carbons (Fsp3) is 0.167. The van der Waals surface area contributed by atoms with E-state index in [2.05, 4.69) is 10.1 Å². The first-order chi connectivity index (χ1) is 18.1. The number of aryl methyl sites for hydroxylation is 1. The van der Waals surface area contributed by atoms with Gasteiger partial charge in [0, 0.05) is 24.6 Å². The van der Waals surface area contributed by atoms with E-state index in [-0.39, 0.29) is 0 Å². The van der Waals surface area contributed by atoms with Gasteiger partial charge in [-0.2, -0.15) is 5.10 Å². The summed E-state index contributed by atoms with van der Waals surface area (Å²) in [5, 5.41) is 4.65. The van der Waals surface area contributed by atoms with Crippen LogP contribution in [-0.2, 0) is 17.6 Å². The summed E-state index contributed by atoms with van der Waals surface area (Å²) >= 11 is 0. The Morgan fingerprint density at radius 3 is 2.32 bits per heavy atom. The molecule has 186 valence electrons. The summed E-state index contributed by atoms with van der Waals surface area (Å²) in [6, 6.07) is 27.3. The van der Waals surface area contributed by atoms with E-state index in [1.54, 1.807) is 10.9 Å². The number of oxazole rings is 1. The predicted octanol–water partition coefficient (Wildman–Crippen LogP) is 5.83. The van der Waals surface area contributed by atoms with Gasteiger partial charge in [-0.3, -0.25) is 0 Å². The lowest BCUT2D eigenvalue weighted by Gasteiger charge is -2.07. The first-order valence-corrected chi connectivity index (χ1v) is 12.1. The van der Waals surface area contributed by atoms with Crippen molar-refractivity contribution in [3.63, 3.8) is 0 Å². The van der Waals surface area contributed by atoms with Crippen LogP contribution in [0.25, 0.3) is 17.1 Å². The van der Waals surface area contributed by atoms with Gasteiger partial charge in [-0.05, 0) is 48.9 Å². The van der Waals surface area contributed by atoms with E-state index in [4.69, 9.17) is 13.9 Å². The fourth-order valence-electron chi connectivity index (χ4n) is 4.06. The van der Waals surface area contributed by atoms with Crippen LogP contribution in [0.4, 0.5) is 0 Å². The maximum Gasteiger partial charge on any atom is 0.341 e. The van der Waals surface area contributed by atoms with Crippen molar-refractivity contribution >= 4 is 5.97 Å². The summed E-state index contributed by atoms with van der Waals surface area (Å²) in [5.74, 6) is 1.78. The van der Waals surface area contributed by atoms with E-state index >= 15 is 0 Å². The molecule has 3 aromatic carbocycles. The van der Waals surface area contributed by atoms with Crippen LogP contribution in [0.3, 0.4) is 0 Å². The monoisotopic (exact) mass is 493 g/mol. The molecule has 0 atom stereocenters. The lowest BCUT2D eigenvalue weighted by Crippen LogP contribution is -2.05. The Morgan fingerprint density at radius 2 is 1.62 bits per heavy atom. The van der Waals surface area contributed by atoms with Crippen LogP contribution in [0.1, 0.15) is 33.1 Å². The average Bonchev–Trinajstić information content (AvgIpc) is 3.54. The molecule has 0 unspecified atom stereocenters. The van der Waals surface area contributed by atoms with Crippen molar-refractivity contribution < 1.29 is 18.7 Å². The van der Waals surface area contributed by atoms with Crippen LogP contribution in [0.15, 0.2) is 95.5 Å². The van der Waals surface area contributed by atoms with E-state index < -0.39 is 5.97 Å². The number of carbonyl (C=O) groups excluding carboxylic acids is 1. The third-order valence-corrected chi connectivity index (χ3v) is 6.03. The standard InChI is InChI=1S/C30H27N3O4/c1-21-27(31-29(37-21)23-9-5-3-6-10-23)17-18-36-25-15-13-22(14-16-25)19-28-26(30(34)35-2)20-33(32-28)24-11-7-4-8-12-24/h3-16,20H,17-19H2,1-2H3. The molecule has 7 nitrogen and oxygen atoms in total. The lowest BCUT2D eigenvalue weighted by atomic mass is 10.1. The average molecular weight is 494 g/mol. The number of methoxy groups -OCH3 is 1. The number of rotatable bonds is 9. The predicted molar refractivity (Wildman–Crippen MR) is 140 cm³/mol. The Kier molecular flexibility index (Phi) is 7.12. The highest BCUT2D eigenvalue weighted by molar-refractivity contribution is 5.90. The van der Waals surface area contributed by atoms with Gasteiger partial charge >= 0.3 is 5.97 Å². The SMILES string of the molecule is COC(=O)c1cn(-c2ccccc2)nc1Cc1ccc(OCCc2nc(-c3ccccc3)oc2C)cc1. The molecule has 0 radical (unpaired) electrons. The van der Waals surface area contributed by atoms with Gasteiger partial charge in [0.1, 0.15) is 17.1 Å². The van der Waals surface area contributed by atoms with Gasteiger partial charge in [-0.25, -0.2) is 14.5 Å². The van der Waals surface area contributed by atoms with E-state index in [1.807, 2.05) is 91.9 Å². The van der Waals surface area contributed by atoms with Crippen LogP contribution >= 0.6 is 0 Å². The Hall–Kier alpha value is -4.65. The molecule has 37 heavy (non-hydrogen) atoms. The van der Waals surface area contributed by atoms with Gasteiger partial charge in [0.2, 0.25) is 5.89 Å². The Labute approximate surface area is 215 Å². The van der Waals surface area contributed by atoms with Crippen molar-refractivity contribution in [2.75, 3.05) is 13.7 Å². The zero-order valence-corrected chi connectivity index (χ0v) is 20.8. The van der Waals surface area contributed by atoms with Crippen LogP contribution in [0, 0.1) is 6.92 Å². The molecule has 0 spiro atoms. The molecular weight excluding hydrogens is 466 g/mol. The van der Waals surface area contributed by atoms with Crippen molar-refractivity contribution in [1.29, 1.82) is 0 Å². The van der Waals surface area contributed by atoms with Crippen molar-refractivity contribution in [2.45, 2.75) is 19.8 Å². The molecule has 5 aromatic rings. The largest absolute Gasteiger partial charge is 0.493 e. The van der Waals surface area contributed by atoms with Crippen molar-refractivity contribution in [3.8, 4) is 22.9 Å². The van der Waals surface area contributed by atoms with Crippen LogP contribution in [-0.4, -0.2) is 34.5 Å². The topological polar surface area (TPSA) is 79.4 Å². The highest BCUT2D eigenvalue weighted by atomic mass is 16.5. The maximum absolute atomic E-state index is 12.4. The third-order valence-electron chi connectivity index (χ3n) is 6.03. The second-order valence-electron chi connectivity index (χ2n) is 8.57. The molecule has 0 fully saturated rings. The lowest BCUT2D eigenvalue weighted by molar-refractivity contribution is 0.0599. The highest BCUT2D eigenvalue weighted by Gasteiger charge is 2.18. The number of hydrogen-bond acceptors (Lipinski definition) is 6. The van der Waals surface area contributed by atoms with Gasteiger partial charge < -0.3 is 13.9 Å². The number of ether oxygens (including phenoxy) is 2. The highest BCUT2D eigenvalue weighted by Crippen LogP contribution is 2.23. The Balaban J connectivity index is 1.22. The van der Waals surface area contributed by atoms with Gasteiger partial charge in [0.15, 0.2) is 0 Å². The fourth-order valence-corrected chi connectivity index (χ4v) is 4.06. The van der Waals surface area contributed by atoms with Crippen molar-refractivity contribution in [3.05, 3.63) is 119 Å². The second kappa shape index (κ2) is 11.0. The molecule has 0 amide bonds. The number of aromatic nitrogens is 3.